The van der Waals surface area contributed by atoms with Crippen LogP contribution in [0.15, 0.2) is 24.3 Å². The predicted octanol–water partition coefficient (Wildman–Crippen LogP) is 3.55. The summed E-state index contributed by atoms with van der Waals surface area (Å²) < 4.78 is 5.04. The number of likely N-dealkylation sites (tertiary alicyclic amines) is 1. The topological polar surface area (TPSA) is 218 Å². The zero-order valence-corrected chi connectivity index (χ0v) is 32.3. The molecule has 1 heterocycles. The molecule has 0 spiro atoms. The molecule has 2 rings (SSSR count). The summed E-state index contributed by atoms with van der Waals surface area (Å²) in [4.78, 5) is 89.1. The van der Waals surface area contributed by atoms with E-state index in [4.69, 9.17) is 10.5 Å². The fourth-order valence-electron chi connectivity index (χ4n) is 5.31. The van der Waals surface area contributed by atoms with E-state index in [-0.39, 0.29) is 72.1 Å². The number of carbonyl (C=O) groups excluding carboxylic acids is 7. The number of ether oxygens (including phenoxy) is 1. The number of unbranched alkanes of at least 4 members (excludes halogenated alkanes) is 2. The van der Waals surface area contributed by atoms with Gasteiger partial charge in [-0.1, -0.05) is 53.2 Å². The number of carbonyl (C=O) groups is 7. The molecule has 0 radical (unpaired) electrons. The molecule has 290 valence electrons. The Morgan fingerprint density at radius 1 is 0.923 bits per heavy atom. The molecule has 1 aromatic rings. The molecule has 7 N–H and O–H groups in total. The van der Waals surface area contributed by atoms with Gasteiger partial charge in [0.2, 0.25) is 29.5 Å². The van der Waals surface area contributed by atoms with Gasteiger partial charge in [-0.25, -0.2) is 9.59 Å². The van der Waals surface area contributed by atoms with Crippen molar-refractivity contribution in [2.24, 2.45) is 11.7 Å². The van der Waals surface area contributed by atoms with E-state index in [1.165, 1.54) is 16.7 Å². The van der Waals surface area contributed by atoms with Gasteiger partial charge >= 0.3 is 12.1 Å². The highest BCUT2D eigenvalue weighted by atomic mass is 32.2. The highest BCUT2D eigenvalue weighted by Gasteiger charge is 2.40. The van der Waals surface area contributed by atoms with Gasteiger partial charge < -0.3 is 37.1 Å². The molecule has 1 fully saturated rings. The molecule has 1 unspecified atom stereocenters. The van der Waals surface area contributed by atoms with Crippen LogP contribution in [0.2, 0.25) is 0 Å². The van der Waals surface area contributed by atoms with Gasteiger partial charge in [-0.05, 0) is 63.1 Å². The van der Waals surface area contributed by atoms with Crippen molar-refractivity contribution in [3.63, 3.8) is 0 Å². The van der Waals surface area contributed by atoms with E-state index < -0.39 is 36.0 Å². The maximum absolute atomic E-state index is 13.5. The van der Waals surface area contributed by atoms with Gasteiger partial charge in [0.1, 0.15) is 18.7 Å². The first-order chi connectivity index (χ1) is 24.4. The molecule has 0 saturated carbocycles. The van der Waals surface area contributed by atoms with Crippen LogP contribution >= 0.6 is 11.8 Å². The van der Waals surface area contributed by atoms with Gasteiger partial charge in [0, 0.05) is 42.4 Å². The largest absolute Gasteiger partial charge is 0.445 e. The predicted molar refractivity (Wildman–Crippen MR) is 200 cm³/mol. The highest BCUT2D eigenvalue weighted by Crippen LogP contribution is 2.34. The summed E-state index contributed by atoms with van der Waals surface area (Å²) in [6.07, 6.45) is 2.00. The third kappa shape index (κ3) is 16.3. The van der Waals surface area contributed by atoms with E-state index in [0.717, 1.165) is 0 Å². The minimum atomic E-state index is -1.000. The minimum absolute atomic E-state index is 0.0405. The lowest BCUT2D eigenvalue weighted by Gasteiger charge is -2.25. The Morgan fingerprint density at radius 2 is 1.60 bits per heavy atom. The Hall–Kier alpha value is -4.34. The highest BCUT2D eigenvalue weighted by molar-refractivity contribution is 8.01. The number of nitrogens with zero attached hydrogens (tertiary/aromatic N) is 1. The number of hydrogen-bond acceptors (Lipinski definition) is 9. The van der Waals surface area contributed by atoms with Crippen molar-refractivity contribution >= 4 is 59.1 Å². The van der Waals surface area contributed by atoms with E-state index >= 15 is 0 Å². The average Bonchev–Trinajstić information content (AvgIpc) is 3.29. The van der Waals surface area contributed by atoms with Gasteiger partial charge in [0.05, 0.1) is 5.25 Å². The number of nitrogens with two attached hydrogens (primary N) is 1. The van der Waals surface area contributed by atoms with Crippen LogP contribution in [-0.2, 0) is 35.3 Å². The molecule has 0 aliphatic carbocycles. The fourth-order valence-corrected chi connectivity index (χ4v) is 6.61. The molecule has 16 heteroatoms. The molecule has 1 saturated heterocycles. The second-order valence-corrected chi connectivity index (χ2v) is 16.5. The zero-order chi connectivity index (χ0) is 39.0. The number of rotatable bonds is 20. The molecule has 1 aliphatic rings. The summed E-state index contributed by atoms with van der Waals surface area (Å²) in [7, 11) is 0. The van der Waals surface area contributed by atoms with E-state index in [9.17, 15) is 33.6 Å². The monoisotopic (exact) mass is 747 g/mol. The number of alkyl carbamates (subject to hydrolysis) is 1. The molecule has 0 bridgehead atoms. The van der Waals surface area contributed by atoms with E-state index in [1.807, 2.05) is 34.6 Å². The number of amides is 8. The van der Waals surface area contributed by atoms with Gasteiger partial charge in [0.25, 0.3) is 0 Å². The first-order valence-electron chi connectivity index (χ1n) is 17.8. The van der Waals surface area contributed by atoms with Gasteiger partial charge in [0.15, 0.2) is 0 Å². The number of benzene rings is 1. The minimum Gasteiger partial charge on any atom is -0.445 e. The number of thioether (sulfide) groups is 1. The van der Waals surface area contributed by atoms with Crippen molar-refractivity contribution < 1.29 is 38.3 Å². The average molecular weight is 748 g/mol. The second kappa shape index (κ2) is 21.2. The zero-order valence-electron chi connectivity index (χ0n) is 31.5. The Balaban J connectivity index is 1.92. The summed E-state index contributed by atoms with van der Waals surface area (Å²) in [5, 5.41) is 13.1. The van der Waals surface area contributed by atoms with Crippen LogP contribution < -0.4 is 32.3 Å². The molecular formula is C36H57N7O8S. The van der Waals surface area contributed by atoms with Crippen LogP contribution in [0, 0.1) is 5.92 Å². The molecule has 15 nitrogen and oxygen atoms in total. The number of nitrogens with one attached hydrogen (secondary N) is 5. The lowest BCUT2D eigenvalue weighted by Crippen LogP contribution is -2.54. The van der Waals surface area contributed by atoms with Crippen LogP contribution in [0.5, 0.6) is 0 Å². The van der Waals surface area contributed by atoms with E-state index in [0.29, 0.717) is 43.5 Å². The SMILES string of the molecule is CC(C)NC(=O)OCc1ccc(NC(=O)[C@H](CCCNC(N)=O)NC(=O)[C@@H](NC(=O)CCCCCN2C(=O)CC(SC(C)(C)C)C2=O)C(C)C)cc1. The second-order valence-electron chi connectivity index (χ2n) is 14.5. The Bertz CT molecular complexity index is 1400. The first-order valence-corrected chi connectivity index (χ1v) is 18.7. The fraction of sp³-hybridized carbons (Fsp3) is 0.639. The van der Waals surface area contributed by atoms with Crippen molar-refractivity contribution in [3.05, 3.63) is 29.8 Å². The number of primary amides is 1. The number of hydrogen-bond donors (Lipinski definition) is 6. The molecular weight excluding hydrogens is 691 g/mol. The van der Waals surface area contributed by atoms with Gasteiger partial charge in [-0.15, -0.1) is 11.8 Å². The van der Waals surface area contributed by atoms with Gasteiger partial charge in [-0.2, -0.15) is 0 Å². The normalized spacial score (nSPS) is 15.6. The molecule has 0 aromatic heterocycles. The Labute approximate surface area is 311 Å². The molecule has 1 aromatic carbocycles. The van der Waals surface area contributed by atoms with Crippen molar-refractivity contribution in [1.29, 1.82) is 0 Å². The van der Waals surface area contributed by atoms with Crippen molar-refractivity contribution in [2.45, 2.75) is 128 Å². The molecule has 8 amide bonds. The lowest BCUT2D eigenvalue weighted by molar-refractivity contribution is -0.138. The summed E-state index contributed by atoms with van der Waals surface area (Å²) in [5.74, 6) is -1.99. The molecule has 52 heavy (non-hydrogen) atoms. The maximum atomic E-state index is 13.5. The quantitative estimate of drug-likeness (QED) is 0.0848. The van der Waals surface area contributed by atoms with Crippen LogP contribution in [0.25, 0.3) is 0 Å². The molecule has 3 atom stereocenters. The van der Waals surface area contributed by atoms with E-state index in [1.54, 1.807) is 38.1 Å². The summed E-state index contributed by atoms with van der Waals surface area (Å²) in [5.41, 5.74) is 6.31. The number of urea groups is 1. The smallest absolute Gasteiger partial charge is 0.407 e. The van der Waals surface area contributed by atoms with Crippen molar-refractivity contribution in [3.8, 4) is 0 Å². The standard InChI is InChI=1S/C36H57N7O8S/c1-22(2)30(42-28(44)13-9-8-10-19-43-29(45)20-27(33(43)48)52-36(5,6)7)32(47)41-26(12-11-18-38-34(37)49)31(46)40-25-16-14-24(15-17-25)21-51-35(50)39-23(3)4/h14-17,22-23,26-27,30H,8-13,18-21H2,1-7H3,(H,39,50)(H,40,46)(H,41,47)(H,42,44)(H3,37,38,49)/t26-,27?,30-/m0/s1. The summed E-state index contributed by atoms with van der Waals surface area (Å²) in [6.45, 7) is 13.8. The maximum Gasteiger partial charge on any atom is 0.407 e. The van der Waals surface area contributed by atoms with Gasteiger partial charge in [-0.3, -0.25) is 28.9 Å². The summed E-state index contributed by atoms with van der Waals surface area (Å²) >= 11 is 1.50. The Kier molecular flexibility index (Phi) is 17.9. The van der Waals surface area contributed by atoms with Crippen LogP contribution in [0.1, 0.15) is 99.0 Å². The Morgan fingerprint density at radius 3 is 2.19 bits per heavy atom. The van der Waals surface area contributed by atoms with Crippen LogP contribution in [-0.4, -0.2) is 87.8 Å². The van der Waals surface area contributed by atoms with Crippen LogP contribution in [0.4, 0.5) is 15.3 Å². The third-order valence-corrected chi connectivity index (χ3v) is 9.21. The number of imide groups is 1. The lowest BCUT2D eigenvalue weighted by atomic mass is 10.0. The first kappa shape index (κ1) is 43.8. The van der Waals surface area contributed by atoms with Crippen LogP contribution in [0.3, 0.4) is 0 Å². The summed E-state index contributed by atoms with van der Waals surface area (Å²) in [6, 6.07) is 3.99. The molecule has 1 aliphatic heterocycles. The number of anilines is 1. The van der Waals surface area contributed by atoms with Crippen molar-refractivity contribution in [1.82, 2.24) is 26.2 Å². The third-order valence-electron chi connectivity index (χ3n) is 7.85. The van der Waals surface area contributed by atoms with E-state index in [2.05, 4.69) is 26.6 Å². The van der Waals surface area contributed by atoms with Crippen molar-refractivity contribution in [2.75, 3.05) is 18.4 Å².